The van der Waals surface area contributed by atoms with Crippen molar-refractivity contribution in [3.8, 4) is 0 Å². The van der Waals surface area contributed by atoms with Gasteiger partial charge in [0, 0.05) is 48.7 Å². The first-order valence-electron chi connectivity index (χ1n) is 10.3. The van der Waals surface area contributed by atoms with Crippen molar-refractivity contribution in [2.24, 2.45) is 0 Å². The topological polar surface area (TPSA) is 78.8 Å². The number of benzene rings is 1. The van der Waals surface area contributed by atoms with Crippen molar-refractivity contribution in [2.75, 3.05) is 19.6 Å². The average molecular weight is 396 g/mol. The maximum Gasteiger partial charge on any atom is 0.227 e. The first-order chi connectivity index (χ1) is 14.1. The lowest BCUT2D eigenvalue weighted by atomic mass is 9.96. The van der Waals surface area contributed by atoms with E-state index in [-0.39, 0.29) is 24.1 Å². The van der Waals surface area contributed by atoms with Crippen LogP contribution in [0.5, 0.6) is 0 Å². The molecule has 1 atom stereocenters. The van der Waals surface area contributed by atoms with E-state index >= 15 is 0 Å². The fraction of sp³-hybridized carbons (Fsp3) is 0.476. The molecular weight excluding hydrogens is 371 g/mol. The number of carbonyl (C=O) groups is 1. The van der Waals surface area contributed by atoms with Gasteiger partial charge in [-0.2, -0.15) is 0 Å². The van der Waals surface area contributed by atoms with Crippen LogP contribution in [0.4, 0.5) is 4.39 Å². The Balaban J connectivity index is 1.35. The molecule has 152 valence electrons. The molecule has 5 rings (SSSR count). The van der Waals surface area contributed by atoms with Gasteiger partial charge >= 0.3 is 0 Å². The maximum absolute atomic E-state index is 13.7. The maximum atomic E-state index is 13.7. The highest BCUT2D eigenvalue weighted by Crippen LogP contribution is 2.29. The van der Waals surface area contributed by atoms with Crippen LogP contribution in [-0.4, -0.2) is 50.2 Å². The van der Waals surface area contributed by atoms with Crippen molar-refractivity contribution in [3.63, 3.8) is 0 Å². The van der Waals surface area contributed by atoms with Crippen LogP contribution in [0.3, 0.4) is 0 Å². The van der Waals surface area contributed by atoms with Crippen molar-refractivity contribution in [1.29, 1.82) is 0 Å². The highest BCUT2D eigenvalue weighted by molar-refractivity contribution is 5.90. The summed E-state index contributed by atoms with van der Waals surface area (Å²) in [6, 6.07) is 4.68. The number of rotatable bonds is 3. The number of carbonyl (C=O) groups excluding carboxylic acids is 1. The van der Waals surface area contributed by atoms with E-state index in [0.29, 0.717) is 6.54 Å². The van der Waals surface area contributed by atoms with Crippen molar-refractivity contribution in [1.82, 2.24) is 30.0 Å². The van der Waals surface area contributed by atoms with Crippen molar-refractivity contribution >= 4 is 16.8 Å². The van der Waals surface area contributed by atoms with E-state index < -0.39 is 0 Å². The van der Waals surface area contributed by atoms with Crippen LogP contribution in [0, 0.1) is 12.7 Å². The van der Waals surface area contributed by atoms with Gasteiger partial charge in [-0.25, -0.2) is 4.39 Å². The molecule has 2 aliphatic heterocycles. The van der Waals surface area contributed by atoms with Crippen LogP contribution in [0.1, 0.15) is 41.7 Å². The van der Waals surface area contributed by atoms with Gasteiger partial charge in [-0.3, -0.25) is 4.79 Å². The zero-order chi connectivity index (χ0) is 20.0. The summed E-state index contributed by atoms with van der Waals surface area (Å²) in [6.45, 7) is 5.91. The van der Waals surface area contributed by atoms with E-state index in [1.165, 1.54) is 12.1 Å². The molecule has 3 aromatic rings. The Morgan fingerprint density at radius 3 is 3.10 bits per heavy atom. The summed E-state index contributed by atoms with van der Waals surface area (Å²) in [7, 11) is 0. The van der Waals surface area contributed by atoms with Crippen molar-refractivity contribution in [3.05, 3.63) is 46.9 Å². The zero-order valence-electron chi connectivity index (χ0n) is 16.5. The number of aryl methyl sites for hydroxylation is 1. The first-order valence-corrected chi connectivity index (χ1v) is 10.3. The van der Waals surface area contributed by atoms with Gasteiger partial charge in [0.25, 0.3) is 0 Å². The van der Waals surface area contributed by atoms with E-state index in [4.69, 9.17) is 0 Å². The van der Waals surface area contributed by atoms with E-state index in [0.717, 1.165) is 72.8 Å². The van der Waals surface area contributed by atoms with Crippen LogP contribution in [-0.2, 0) is 24.3 Å². The Kier molecular flexibility index (Phi) is 4.58. The van der Waals surface area contributed by atoms with Gasteiger partial charge in [0.05, 0.1) is 13.0 Å². The van der Waals surface area contributed by atoms with Gasteiger partial charge < -0.3 is 19.8 Å². The van der Waals surface area contributed by atoms with E-state index in [9.17, 15) is 9.18 Å². The molecule has 29 heavy (non-hydrogen) atoms. The summed E-state index contributed by atoms with van der Waals surface area (Å²) < 4.78 is 15.9. The molecule has 0 saturated carbocycles. The second kappa shape index (κ2) is 7.26. The molecule has 1 aromatic carbocycles. The van der Waals surface area contributed by atoms with Crippen LogP contribution in [0.25, 0.3) is 10.9 Å². The Bertz CT molecular complexity index is 1070. The summed E-state index contributed by atoms with van der Waals surface area (Å²) in [4.78, 5) is 18.3. The number of likely N-dealkylation sites (tertiary alicyclic amines) is 1. The molecule has 7 nitrogen and oxygen atoms in total. The third kappa shape index (κ3) is 3.31. The molecule has 1 saturated heterocycles. The lowest BCUT2D eigenvalue weighted by Crippen LogP contribution is -2.41. The van der Waals surface area contributed by atoms with Gasteiger partial charge in [0.15, 0.2) is 0 Å². The highest BCUT2D eigenvalue weighted by Gasteiger charge is 2.30. The number of hydrogen-bond donors (Lipinski definition) is 2. The third-order valence-corrected chi connectivity index (χ3v) is 6.20. The minimum absolute atomic E-state index is 0.0861. The standard InChI is InChI=1S/C21H25FN6O/c1-13-16(17-9-15(22)4-5-18(17)24-13)10-20(29)27-7-2-3-14(12-27)21-26-25-19-11-23-6-8-28(19)21/h4-5,9,14,23-24H,2-3,6-8,10-12H2,1H3/t14-/m0/s1. The molecule has 8 heteroatoms. The zero-order valence-corrected chi connectivity index (χ0v) is 16.5. The largest absolute Gasteiger partial charge is 0.358 e. The number of aromatic nitrogens is 4. The van der Waals surface area contributed by atoms with E-state index in [1.807, 2.05) is 11.8 Å². The number of hydrogen-bond acceptors (Lipinski definition) is 4. The lowest BCUT2D eigenvalue weighted by molar-refractivity contribution is -0.131. The number of halogens is 1. The third-order valence-electron chi connectivity index (χ3n) is 6.20. The predicted molar refractivity (Wildman–Crippen MR) is 107 cm³/mol. The molecule has 0 spiro atoms. The minimum atomic E-state index is -0.283. The number of piperidine rings is 1. The molecule has 2 N–H and O–H groups in total. The Morgan fingerprint density at radius 1 is 1.31 bits per heavy atom. The Morgan fingerprint density at radius 2 is 2.21 bits per heavy atom. The van der Waals surface area contributed by atoms with Gasteiger partial charge in [0.1, 0.15) is 17.5 Å². The average Bonchev–Trinajstić information content (AvgIpc) is 3.29. The fourth-order valence-electron chi connectivity index (χ4n) is 4.68. The van der Waals surface area contributed by atoms with Crippen LogP contribution in [0.2, 0.25) is 0 Å². The number of H-pyrrole nitrogens is 1. The van der Waals surface area contributed by atoms with Crippen LogP contribution in [0.15, 0.2) is 18.2 Å². The predicted octanol–water partition coefficient (Wildman–Crippen LogP) is 2.26. The van der Waals surface area contributed by atoms with E-state index in [1.54, 1.807) is 6.07 Å². The van der Waals surface area contributed by atoms with Crippen molar-refractivity contribution in [2.45, 2.75) is 45.2 Å². The summed E-state index contributed by atoms with van der Waals surface area (Å²) in [5, 5.41) is 12.9. The quantitative estimate of drug-likeness (QED) is 0.712. The molecule has 1 fully saturated rings. The van der Waals surface area contributed by atoms with Crippen LogP contribution >= 0.6 is 0 Å². The second-order valence-corrected chi connectivity index (χ2v) is 8.08. The molecule has 2 aromatic heterocycles. The second-order valence-electron chi connectivity index (χ2n) is 8.08. The van der Waals surface area contributed by atoms with Gasteiger partial charge in [-0.05, 0) is 43.5 Å². The summed E-state index contributed by atoms with van der Waals surface area (Å²) >= 11 is 0. The lowest BCUT2D eigenvalue weighted by Gasteiger charge is -2.33. The molecule has 1 amide bonds. The Labute approximate surface area is 168 Å². The SMILES string of the molecule is Cc1[nH]c2ccc(F)cc2c1CC(=O)N1CCC[C@H](c2nnc3n2CCNC3)C1. The fourth-order valence-corrected chi connectivity index (χ4v) is 4.68. The normalized spacial score (nSPS) is 19.5. The van der Waals surface area contributed by atoms with E-state index in [2.05, 4.69) is 25.1 Å². The number of amides is 1. The smallest absolute Gasteiger partial charge is 0.227 e. The molecule has 0 unspecified atom stereocenters. The van der Waals surface area contributed by atoms with Gasteiger partial charge in [-0.1, -0.05) is 0 Å². The number of aromatic amines is 1. The number of nitrogens with zero attached hydrogens (tertiary/aromatic N) is 4. The Hall–Kier alpha value is -2.74. The summed E-state index contributed by atoms with van der Waals surface area (Å²) in [5.41, 5.74) is 2.68. The molecule has 0 aliphatic carbocycles. The minimum Gasteiger partial charge on any atom is -0.358 e. The molecular formula is C21H25FN6O. The summed E-state index contributed by atoms with van der Waals surface area (Å²) in [5.74, 6) is 2.00. The molecule has 0 radical (unpaired) electrons. The van der Waals surface area contributed by atoms with Gasteiger partial charge in [-0.15, -0.1) is 10.2 Å². The molecule has 4 heterocycles. The molecule has 2 aliphatic rings. The summed E-state index contributed by atoms with van der Waals surface area (Å²) in [6.07, 6.45) is 2.26. The molecule has 0 bridgehead atoms. The number of nitrogens with one attached hydrogen (secondary N) is 2. The monoisotopic (exact) mass is 396 g/mol. The van der Waals surface area contributed by atoms with Crippen molar-refractivity contribution < 1.29 is 9.18 Å². The first kappa shape index (κ1) is 18.3. The highest BCUT2D eigenvalue weighted by atomic mass is 19.1. The van der Waals surface area contributed by atoms with Crippen LogP contribution < -0.4 is 5.32 Å². The number of fused-ring (bicyclic) bond motifs is 2. The van der Waals surface area contributed by atoms with Gasteiger partial charge in [0.2, 0.25) is 5.91 Å².